The number of methoxy groups -OCH3 is 1. The van der Waals surface area contributed by atoms with Crippen LogP contribution in [0.25, 0.3) is 0 Å². The number of nitro groups is 1. The summed E-state index contributed by atoms with van der Waals surface area (Å²) >= 11 is 0. The van der Waals surface area contributed by atoms with Gasteiger partial charge in [0.15, 0.2) is 0 Å². The third-order valence-electron chi connectivity index (χ3n) is 4.26. The number of hydrogen-bond donors (Lipinski definition) is 1. The average molecular weight is 321 g/mol. The smallest absolute Gasteiger partial charge is 0.273 e. The molecule has 126 valence electrons. The van der Waals surface area contributed by atoms with E-state index in [2.05, 4.69) is 17.1 Å². The SMILES string of the molecule is CCN(CC(=O)Nc1ccc([N+](=O)[O-])cc1OC)C1CCCC1. The van der Waals surface area contributed by atoms with Crippen molar-refractivity contribution >= 4 is 17.3 Å². The molecule has 0 radical (unpaired) electrons. The highest BCUT2D eigenvalue weighted by Gasteiger charge is 2.23. The van der Waals surface area contributed by atoms with Crippen LogP contribution in [0, 0.1) is 10.1 Å². The molecule has 7 heteroatoms. The minimum absolute atomic E-state index is 0.0685. The van der Waals surface area contributed by atoms with E-state index < -0.39 is 4.92 Å². The number of rotatable bonds is 7. The molecule has 23 heavy (non-hydrogen) atoms. The summed E-state index contributed by atoms with van der Waals surface area (Å²) in [5.74, 6) is 0.155. The van der Waals surface area contributed by atoms with Crippen molar-refractivity contribution in [3.63, 3.8) is 0 Å². The average Bonchev–Trinajstić information content (AvgIpc) is 3.07. The van der Waals surface area contributed by atoms with Crippen molar-refractivity contribution in [2.75, 3.05) is 25.5 Å². The zero-order chi connectivity index (χ0) is 16.8. The summed E-state index contributed by atoms with van der Waals surface area (Å²) in [5.41, 5.74) is 0.381. The number of nitrogens with one attached hydrogen (secondary N) is 1. The maximum Gasteiger partial charge on any atom is 0.273 e. The molecular formula is C16H23N3O4. The maximum atomic E-state index is 12.3. The van der Waals surface area contributed by atoms with E-state index in [1.54, 1.807) is 0 Å². The third-order valence-corrected chi connectivity index (χ3v) is 4.26. The Hall–Kier alpha value is -2.15. The van der Waals surface area contributed by atoms with E-state index in [0.29, 0.717) is 18.3 Å². The molecule has 1 aromatic rings. The first-order chi connectivity index (χ1) is 11.0. The summed E-state index contributed by atoms with van der Waals surface area (Å²) in [7, 11) is 1.42. The summed E-state index contributed by atoms with van der Waals surface area (Å²) < 4.78 is 5.14. The Balaban J connectivity index is 2.02. The standard InChI is InChI=1S/C16H23N3O4/c1-3-18(12-6-4-5-7-12)11-16(20)17-14-9-8-13(19(21)22)10-15(14)23-2/h8-10,12H,3-7,11H2,1-2H3,(H,17,20). The molecule has 1 amide bonds. The summed E-state index contributed by atoms with van der Waals surface area (Å²) in [6.45, 7) is 3.20. The molecule has 0 bridgehead atoms. The third kappa shape index (κ3) is 4.41. The van der Waals surface area contributed by atoms with E-state index in [1.807, 2.05) is 0 Å². The number of anilines is 1. The van der Waals surface area contributed by atoms with Crippen LogP contribution in [0.2, 0.25) is 0 Å². The molecule has 1 aliphatic carbocycles. The van der Waals surface area contributed by atoms with Gasteiger partial charge < -0.3 is 10.1 Å². The summed E-state index contributed by atoms with van der Waals surface area (Å²) in [6, 6.07) is 4.64. The van der Waals surface area contributed by atoms with Crippen LogP contribution in [0.5, 0.6) is 5.75 Å². The lowest BCUT2D eigenvalue weighted by Crippen LogP contribution is -2.39. The molecule has 1 saturated carbocycles. The van der Waals surface area contributed by atoms with Crippen LogP contribution in [0.1, 0.15) is 32.6 Å². The Bertz CT molecular complexity index is 570. The number of non-ortho nitro benzene ring substituents is 1. The van der Waals surface area contributed by atoms with E-state index in [1.165, 1.54) is 38.2 Å². The Morgan fingerprint density at radius 2 is 2.13 bits per heavy atom. The summed E-state index contributed by atoms with van der Waals surface area (Å²) in [6.07, 6.45) is 4.72. The van der Waals surface area contributed by atoms with Crippen LogP contribution in [0.15, 0.2) is 18.2 Å². The number of amides is 1. The van der Waals surface area contributed by atoms with Crippen LogP contribution >= 0.6 is 0 Å². The number of carbonyl (C=O) groups excluding carboxylic acids is 1. The van der Waals surface area contributed by atoms with Crippen LogP contribution in [-0.4, -0.2) is 42.0 Å². The van der Waals surface area contributed by atoms with Crippen LogP contribution in [0.4, 0.5) is 11.4 Å². The molecule has 1 N–H and O–H groups in total. The lowest BCUT2D eigenvalue weighted by atomic mass is 10.2. The topological polar surface area (TPSA) is 84.7 Å². The van der Waals surface area contributed by atoms with Gasteiger partial charge in [0.2, 0.25) is 5.91 Å². The Morgan fingerprint density at radius 1 is 1.43 bits per heavy atom. The Morgan fingerprint density at radius 3 is 2.70 bits per heavy atom. The molecule has 0 heterocycles. The fourth-order valence-corrected chi connectivity index (χ4v) is 3.04. The molecule has 1 fully saturated rings. The van der Waals surface area contributed by atoms with Gasteiger partial charge in [-0.05, 0) is 25.5 Å². The van der Waals surface area contributed by atoms with Gasteiger partial charge >= 0.3 is 0 Å². The first-order valence-electron chi connectivity index (χ1n) is 7.91. The highest BCUT2D eigenvalue weighted by atomic mass is 16.6. The van der Waals surface area contributed by atoms with E-state index in [9.17, 15) is 14.9 Å². The second-order valence-corrected chi connectivity index (χ2v) is 5.69. The second-order valence-electron chi connectivity index (χ2n) is 5.69. The monoisotopic (exact) mass is 321 g/mol. The maximum absolute atomic E-state index is 12.3. The summed E-state index contributed by atoms with van der Waals surface area (Å²) in [5, 5.41) is 13.6. The molecule has 0 atom stereocenters. The van der Waals surface area contributed by atoms with E-state index >= 15 is 0 Å². The lowest BCUT2D eigenvalue weighted by Gasteiger charge is -2.26. The normalized spacial score (nSPS) is 14.9. The fraction of sp³-hybridized carbons (Fsp3) is 0.562. The molecule has 0 spiro atoms. The minimum atomic E-state index is -0.493. The quantitative estimate of drug-likeness (QED) is 0.616. The number of carbonyl (C=O) groups is 1. The predicted molar refractivity (Wildman–Crippen MR) is 87.8 cm³/mol. The minimum Gasteiger partial charge on any atom is -0.494 e. The van der Waals surface area contributed by atoms with Crippen molar-refractivity contribution in [3.8, 4) is 5.75 Å². The van der Waals surface area contributed by atoms with E-state index in [4.69, 9.17) is 4.74 Å². The van der Waals surface area contributed by atoms with Gasteiger partial charge in [-0.3, -0.25) is 19.8 Å². The van der Waals surface area contributed by atoms with Gasteiger partial charge in [0.1, 0.15) is 5.75 Å². The number of likely N-dealkylation sites (N-methyl/N-ethyl adjacent to an activating group) is 1. The number of ether oxygens (including phenoxy) is 1. The highest BCUT2D eigenvalue weighted by molar-refractivity contribution is 5.94. The highest BCUT2D eigenvalue weighted by Crippen LogP contribution is 2.29. The van der Waals surface area contributed by atoms with Gasteiger partial charge in [-0.15, -0.1) is 0 Å². The van der Waals surface area contributed by atoms with Crippen molar-refractivity contribution < 1.29 is 14.5 Å². The number of benzene rings is 1. The van der Waals surface area contributed by atoms with Gasteiger partial charge in [0.05, 0.1) is 30.3 Å². The van der Waals surface area contributed by atoms with Gasteiger partial charge in [-0.2, -0.15) is 0 Å². The van der Waals surface area contributed by atoms with Gasteiger partial charge in [-0.25, -0.2) is 0 Å². The van der Waals surface area contributed by atoms with Gasteiger partial charge in [0.25, 0.3) is 5.69 Å². The van der Waals surface area contributed by atoms with E-state index in [-0.39, 0.29) is 17.3 Å². The molecule has 0 aromatic heterocycles. The molecule has 1 aliphatic rings. The molecule has 0 unspecified atom stereocenters. The van der Waals surface area contributed by atoms with Crippen LogP contribution < -0.4 is 10.1 Å². The lowest BCUT2D eigenvalue weighted by molar-refractivity contribution is -0.384. The van der Waals surface area contributed by atoms with Crippen molar-refractivity contribution in [2.45, 2.75) is 38.6 Å². The van der Waals surface area contributed by atoms with Crippen molar-refractivity contribution in [1.82, 2.24) is 4.90 Å². The number of hydrogen-bond acceptors (Lipinski definition) is 5. The van der Waals surface area contributed by atoms with Crippen LogP contribution in [0.3, 0.4) is 0 Å². The van der Waals surface area contributed by atoms with Gasteiger partial charge in [-0.1, -0.05) is 19.8 Å². The predicted octanol–water partition coefficient (Wildman–Crippen LogP) is 2.81. The molecular weight excluding hydrogens is 298 g/mol. The Kier molecular flexibility index (Phi) is 5.92. The Labute approximate surface area is 135 Å². The molecule has 0 saturated heterocycles. The second kappa shape index (κ2) is 7.92. The largest absolute Gasteiger partial charge is 0.494 e. The van der Waals surface area contributed by atoms with Crippen molar-refractivity contribution in [3.05, 3.63) is 28.3 Å². The van der Waals surface area contributed by atoms with Gasteiger partial charge in [0, 0.05) is 12.1 Å². The zero-order valence-corrected chi connectivity index (χ0v) is 13.6. The fourth-order valence-electron chi connectivity index (χ4n) is 3.04. The number of nitrogens with zero attached hydrogens (tertiary/aromatic N) is 2. The molecule has 0 aliphatic heterocycles. The zero-order valence-electron chi connectivity index (χ0n) is 13.6. The molecule has 2 rings (SSSR count). The van der Waals surface area contributed by atoms with Crippen molar-refractivity contribution in [2.24, 2.45) is 0 Å². The van der Waals surface area contributed by atoms with E-state index in [0.717, 1.165) is 19.4 Å². The first kappa shape index (κ1) is 17.2. The molecule has 7 nitrogen and oxygen atoms in total. The van der Waals surface area contributed by atoms with Crippen LogP contribution in [-0.2, 0) is 4.79 Å². The first-order valence-corrected chi connectivity index (χ1v) is 7.91. The number of nitro benzene ring substituents is 1. The van der Waals surface area contributed by atoms with Crippen molar-refractivity contribution in [1.29, 1.82) is 0 Å². The summed E-state index contributed by atoms with van der Waals surface area (Å²) in [4.78, 5) is 24.8. The molecule has 1 aromatic carbocycles.